The highest BCUT2D eigenvalue weighted by Gasteiger charge is 2.07. The highest BCUT2D eigenvalue weighted by Crippen LogP contribution is 2.15. The van der Waals surface area contributed by atoms with Crippen molar-refractivity contribution in [2.45, 2.75) is 6.42 Å². The molecule has 0 aliphatic rings. The van der Waals surface area contributed by atoms with E-state index in [4.69, 9.17) is 11.6 Å². The van der Waals surface area contributed by atoms with Crippen LogP contribution in [0.2, 0.25) is 5.02 Å². The van der Waals surface area contributed by atoms with Crippen LogP contribution in [0.25, 0.3) is 11.0 Å². The van der Waals surface area contributed by atoms with Crippen LogP contribution in [0.4, 0.5) is 0 Å². The Hall–Kier alpha value is -1.75. The summed E-state index contributed by atoms with van der Waals surface area (Å²) < 4.78 is 4.52. The van der Waals surface area contributed by atoms with Crippen molar-refractivity contribution < 1.29 is 9.53 Å². The lowest BCUT2D eigenvalue weighted by Crippen LogP contribution is -2.09. The fourth-order valence-electron chi connectivity index (χ4n) is 1.22. The number of aromatic nitrogens is 3. The average molecular weight is 238 g/mol. The Morgan fingerprint density at radius 3 is 2.94 bits per heavy atom. The third kappa shape index (κ3) is 2.25. The smallest absolute Gasteiger partial charge is 0.313 e. The van der Waals surface area contributed by atoms with E-state index in [2.05, 4.69) is 19.9 Å². The van der Waals surface area contributed by atoms with E-state index in [0.29, 0.717) is 21.9 Å². The minimum absolute atomic E-state index is 0.0159. The average Bonchev–Trinajstić information content (AvgIpc) is 2.29. The summed E-state index contributed by atoms with van der Waals surface area (Å²) in [6.07, 6.45) is 0.0159. The van der Waals surface area contributed by atoms with Gasteiger partial charge in [-0.25, -0.2) is 4.98 Å². The number of nitrogens with zero attached hydrogens (tertiary/aromatic N) is 3. The minimum atomic E-state index is -0.393. The molecule has 6 heteroatoms. The second-order valence-corrected chi connectivity index (χ2v) is 3.55. The lowest BCUT2D eigenvalue weighted by atomic mass is 10.3. The number of fused-ring (bicyclic) bond motifs is 1. The van der Waals surface area contributed by atoms with Crippen LogP contribution in [0.1, 0.15) is 5.82 Å². The molecule has 0 aliphatic heterocycles. The van der Waals surface area contributed by atoms with Gasteiger partial charge < -0.3 is 4.74 Å². The van der Waals surface area contributed by atoms with Crippen LogP contribution in [0, 0.1) is 0 Å². The van der Waals surface area contributed by atoms with Crippen LogP contribution in [0.3, 0.4) is 0 Å². The van der Waals surface area contributed by atoms with Crippen molar-refractivity contribution in [1.82, 2.24) is 15.2 Å². The van der Waals surface area contributed by atoms with Gasteiger partial charge in [0.2, 0.25) is 0 Å². The molecule has 0 unspecified atom stereocenters. The van der Waals surface area contributed by atoms with Gasteiger partial charge in [-0.1, -0.05) is 11.6 Å². The number of carbonyl (C=O) groups excluding carboxylic acids is 1. The summed E-state index contributed by atoms with van der Waals surface area (Å²) in [5.74, 6) is -0.0585. The van der Waals surface area contributed by atoms with Crippen molar-refractivity contribution >= 4 is 28.6 Å². The Labute approximate surface area is 96.4 Å². The van der Waals surface area contributed by atoms with E-state index in [9.17, 15) is 4.79 Å². The maximum absolute atomic E-state index is 11.0. The van der Waals surface area contributed by atoms with E-state index in [0.717, 1.165) is 0 Å². The highest BCUT2D eigenvalue weighted by atomic mass is 35.5. The Morgan fingerprint density at radius 1 is 1.38 bits per heavy atom. The first kappa shape index (κ1) is 10.8. The molecule has 2 aromatic rings. The van der Waals surface area contributed by atoms with Gasteiger partial charge in [0.1, 0.15) is 11.9 Å². The highest BCUT2D eigenvalue weighted by molar-refractivity contribution is 6.31. The summed E-state index contributed by atoms with van der Waals surface area (Å²) in [6.45, 7) is 0. The number of benzene rings is 1. The van der Waals surface area contributed by atoms with E-state index in [-0.39, 0.29) is 6.42 Å². The van der Waals surface area contributed by atoms with E-state index in [1.807, 2.05) is 0 Å². The molecule has 82 valence electrons. The third-order valence-electron chi connectivity index (χ3n) is 1.99. The predicted molar refractivity (Wildman–Crippen MR) is 58.1 cm³/mol. The number of hydrogen-bond acceptors (Lipinski definition) is 5. The van der Waals surface area contributed by atoms with Crippen molar-refractivity contribution in [3.63, 3.8) is 0 Å². The molecule has 0 amide bonds. The Morgan fingerprint density at radius 2 is 2.19 bits per heavy atom. The molecule has 0 saturated carbocycles. The van der Waals surface area contributed by atoms with Crippen molar-refractivity contribution in [1.29, 1.82) is 0 Å². The quantitative estimate of drug-likeness (QED) is 0.739. The molecule has 0 radical (unpaired) electrons. The number of ether oxygens (including phenoxy) is 1. The first-order valence-electron chi connectivity index (χ1n) is 4.55. The topological polar surface area (TPSA) is 65.0 Å². The molecule has 16 heavy (non-hydrogen) atoms. The Kier molecular flexibility index (Phi) is 2.96. The van der Waals surface area contributed by atoms with Crippen LogP contribution >= 0.6 is 11.6 Å². The molecule has 2 rings (SSSR count). The molecular weight excluding hydrogens is 230 g/mol. The lowest BCUT2D eigenvalue weighted by Gasteiger charge is -2.00. The van der Waals surface area contributed by atoms with Gasteiger partial charge >= 0.3 is 5.97 Å². The van der Waals surface area contributed by atoms with Crippen LogP contribution in [-0.4, -0.2) is 28.3 Å². The normalized spacial score (nSPS) is 10.4. The Balaban J connectivity index is 2.37. The van der Waals surface area contributed by atoms with E-state index in [1.54, 1.807) is 18.2 Å². The molecular formula is C10H8ClN3O2. The zero-order valence-electron chi connectivity index (χ0n) is 8.48. The van der Waals surface area contributed by atoms with Gasteiger partial charge in [0.15, 0.2) is 5.82 Å². The molecule has 1 heterocycles. The fourth-order valence-corrected chi connectivity index (χ4v) is 1.39. The number of hydrogen-bond donors (Lipinski definition) is 0. The molecule has 0 bridgehead atoms. The molecule has 0 N–H and O–H groups in total. The number of esters is 1. The zero-order chi connectivity index (χ0) is 11.5. The molecule has 1 aromatic carbocycles. The largest absolute Gasteiger partial charge is 0.469 e. The summed E-state index contributed by atoms with van der Waals surface area (Å²) in [5, 5.41) is 8.31. The Bertz CT molecular complexity index is 545. The van der Waals surface area contributed by atoms with Crippen LogP contribution in [0.15, 0.2) is 18.2 Å². The van der Waals surface area contributed by atoms with Gasteiger partial charge in [-0.2, -0.15) is 0 Å². The summed E-state index contributed by atoms with van der Waals surface area (Å²) in [5.41, 5.74) is 1.25. The second-order valence-electron chi connectivity index (χ2n) is 3.11. The van der Waals surface area contributed by atoms with Gasteiger partial charge in [-0.05, 0) is 18.2 Å². The van der Waals surface area contributed by atoms with Gasteiger partial charge in [-0.3, -0.25) is 4.79 Å². The van der Waals surface area contributed by atoms with Gasteiger partial charge in [-0.15, -0.1) is 10.2 Å². The molecule has 0 aliphatic carbocycles. The van der Waals surface area contributed by atoms with E-state index >= 15 is 0 Å². The monoisotopic (exact) mass is 237 g/mol. The van der Waals surface area contributed by atoms with Crippen LogP contribution in [0.5, 0.6) is 0 Å². The van der Waals surface area contributed by atoms with Crippen molar-refractivity contribution in [2.75, 3.05) is 7.11 Å². The number of rotatable bonds is 2. The minimum Gasteiger partial charge on any atom is -0.469 e. The predicted octanol–water partition coefficient (Wildman–Crippen LogP) is 1.39. The second kappa shape index (κ2) is 4.40. The van der Waals surface area contributed by atoms with Crippen molar-refractivity contribution in [3.05, 3.63) is 29.0 Å². The molecule has 5 nitrogen and oxygen atoms in total. The van der Waals surface area contributed by atoms with Crippen molar-refractivity contribution in [2.24, 2.45) is 0 Å². The first-order valence-corrected chi connectivity index (χ1v) is 4.92. The van der Waals surface area contributed by atoms with Crippen molar-refractivity contribution in [3.8, 4) is 0 Å². The van der Waals surface area contributed by atoms with Gasteiger partial charge in [0.05, 0.1) is 12.6 Å². The molecule has 0 spiro atoms. The van der Waals surface area contributed by atoms with Crippen LogP contribution < -0.4 is 0 Å². The maximum Gasteiger partial charge on any atom is 0.313 e. The SMILES string of the molecule is COC(=O)Cc1nnc2cc(Cl)ccc2n1. The number of halogens is 1. The third-order valence-corrected chi connectivity index (χ3v) is 2.23. The van der Waals surface area contributed by atoms with Gasteiger partial charge in [0.25, 0.3) is 0 Å². The zero-order valence-corrected chi connectivity index (χ0v) is 9.23. The molecule has 0 atom stereocenters. The fraction of sp³-hybridized carbons (Fsp3) is 0.200. The van der Waals surface area contributed by atoms with E-state index in [1.165, 1.54) is 7.11 Å². The first-order chi connectivity index (χ1) is 7.69. The standard InChI is InChI=1S/C10H8ClN3O2/c1-16-10(15)5-9-12-7-3-2-6(11)4-8(7)13-14-9/h2-4H,5H2,1H3. The number of methoxy groups -OCH3 is 1. The van der Waals surface area contributed by atoms with E-state index < -0.39 is 5.97 Å². The van der Waals surface area contributed by atoms with Crippen LogP contribution in [-0.2, 0) is 16.0 Å². The number of carbonyl (C=O) groups is 1. The maximum atomic E-state index is 11.0. The summed E-state index contributed by atoms with van der Waals surface area (Å²) >= 11 is 5.80. The summed E-state index contributed by atoms with van der Waals surface area (Å²) in [6, 6.07) is 5.10. The van der Waals surface area contributed by atoms with Gasteiger partial charge in [0, 0.05) is 5.02 Å². The molecule has 1 aromatic heterocycles. The lowest BCUT2D eigenvalue weighted by molar-refractivity contribution is -0.139. The summed E-state index contributed by atoms with van der Waals surface area (Å²) in [7, 11) is 1.32. The summed E-state index contributed by atoms with van der Waals surface area (Å²) in [4.78, 5) is 15.2. The molecule has 0 saturated heterocycles. The molecule has 0 fully saturated rings.